The Bertz CT molecular complexity index is 678. The highest BCUT2D eigenvalue weighted by molar-refractivity contribution is 7.89. The summed E-state index contributed by atoms with van der Waals surface area (Å²) in [6.45, 7) is 0.155. The summed E-state index contributed by atoms with van der Waals surface area (Å²) < 4.78 is 31.9. The third kappa shape index (κ3) is 2.66. The third-order valence-electron chi connectivity index (χ3n) is 3.47. The molecule has 0 bridgehead atoms. The van der Waals surface area contributed by atoms with Gasteiger partial charge in [0.1, 0.15) is 16.6 Å². The van der Waals surface area contributed by atoms with E-state index in [2.05, 4.69) is 4.74 Å². The molecule has 0 radical (unpaired) electrons. The largest absolute Gasteiger partial charge is 0.480 e. The number of aromatic nitrogens is 1. The molecule has 0 saturated carbocycles. The van der Waals surface area contributed by atoms with Crippen LogP contribution in [-0.2, 0) is 26.6 Å². The van der Waals surface area contributed by atoms with Crippen LogP contribution in [-0.4, -0.2) is 54.0 Å². The highest BCUT2D eigenvalue weighted by Gasteiger charge is 2.40. The van der Waals surface area contributed by atoms with Crippen LogP contribution in [0.4, 0.5) is 0 Å². The molecule has 2 rings (SSSR count). The number of esters is 1. The summed E-state index contributed by atoms with van der Waals surface area (Å²) in [5, 5.41) is 9.09. The fourth-order valence-electron chi connectivity index (χ4n) is 2.39. The van der Waals surface area contributed by atoms with Crippen molar-refractivity contribution in [3.8, 4) is 0 Å². The number of carboxylic acid groups (broad SMARTS) is 1. The topological polar surface area (TPSA) is 106 Å². The van der Waals surface area contributed by atoms with Gasteiger partial charge >= 0.3 is 11.9 Å². The van der Waals surface area contributed by atoms with Crippen LogP contribution in [0.3, 0.4) is 0 Å². The number of rotatable bonds is 4. The Morgan fingerprint density at radius 2 is 2.10 bits per heavy atom. The molecule has 0 amide bonds. The molecule has 1 aromatic heterocycles. The van der Waals surface area contributed by atoms with Crippen molar-refractivity contribution in [1.82, 2.24) is 8.87 Å². The van der Waals surface area contributed by atoms with E-state index in [1.54, 1.807) is 0 Å². The molecule has 0 unspecified atom stereocenters. The summed E-state index contributed by atoms with van der Waals surface area (Å²) in [6, 6.07) is 0.134. The van der Waals surface area contributed by atoms with E-state index >= 15 is 0 Å². The highest BCUT2D eigenvalue weighted by atomic mass is 32.2. The van der Waals surface area contributed by atoms with Gasteiger partial charge in [-0.25, -0.2) is 13.2 Å². The lowest BCUT2D eigenvalue weighted by Gasteiger charge is -2.19. The van der Waals surface area contributed by atoms with E-state index in [9.17, 15) is 18.0 Å². The number of carbonyl (C=O) groups excluding carboxylic acids is 1. The fraction of sp³-hybridized carbons (Fsp3) is 0.500. The van der Waals surface area contributed by atoms with Gasteiger partial charge in [0.15, 0.2) is 0 Å². The van der Waals surface area contributed by atoms with Crippen molar-refractivity contribution in [2.24, 2.45) is 7.05 Å². The van der Waals surface area contributed by atoms with Gasteiger partial charge in [-0.3, -0.25) is 4.79 Å². The molecular weight excluding hydrogens is 300 g/mol. The molecule has 0 spiro atoms. The summed E-state index contributed by atoms with van der Waals surface area (Å²) in [7, 11) is -1.24. The molecule has 1 aliphatic rings. The van der Waals surface area contributed by atoms with Crippen LogP contribution in [0, 0.1) is 0 Å². The number of ether oxygens (including phenoxy) is 1. The van der Waals surface area contributed by atoms with Crippen LogP contribution in [0.2, 0.25) is 0 Å². The zero-order chi connectivity index (χ0) is 15.8. The van der Waals surface area contributed by atoms with E-state index in [-0.39, 0.29) is 23.6 Å². The minimum atomic E-state index is -3.95. The predicted octanol–water partition coefficient (Wildman–Crippen LogP) is 0.0494. The van der Waals surface area contributed by atoms with Crippen LogP contribution in [0.15, 0.2) is 17.2 Å². The molecule has 1 N–H and O–H groups in total. The maximum Gasteiger partial charge on any atom is 0.354 e. The maximum atomic E-state index is 12.5. The van der Waals surface area contributed by atoms with E-state index in [0.717, 1.165) is 4.31 Å². The van der Waals surface area contributed by atoms with Crippen LogP contribution < -0.4 is 0 Å². The van der Waals surface area contributed by atoms with Crippen LogP contribution >= 0.6 is 0 Å². The van der Waals surface area contributed by atoms with Gasteiger partial charge in [-0.15, -0.1) is 0 Å². The van der Waals surface area contributed by atoms with Crippen molar-refractivity contribution in [1.29, 1.82) is 0 Å². The molecule has 1 aromatic rings. The first-order chi connectivity index (χ1) is 9.78. The first-order valence-corrected chi connectivity index (χ1v) is 7.72. The number of hydrogen-bond donors (Lipinski definition) is 1. The predicted molar refractivity (Wildman–Crippen MR) is 71.3 cm³/mol. The van der Waals surface area contributed by atoms with E-state index in [4.69, 9.17) is 5.11 Å². The number of carbonyl (C=O) groups is 2. The molecule has 9 heteroatoms. The maximum absolute atomic E-state index is 12.5. The Labute approximate surface area is 122 Å². The standard InChI is InChI=1S/C12H16N2O6S/c1-13-7-8(6-10(13)12(17)20-2)21(18,19)14-5-3-4-9(14)11(15)16/h6-7,9H,3-5H2,1-2H3,(H,15,16)/t9-/m1/s1. The van der Waals surface area contributed by atoms with E-state index in [1.807, 2.05) is 0 Å². The van der Waals surface area contributed by atoms with E-state index in [0.29, 0.717) is 6.42 Å². The second-order valence-electron chi connectivity index (χ2n) is 4.78. The van der Waals surface area contributed by atoms with Crippen LogP contribution in [0.5, 0.6) is 0 Å². The molecule has 1 saturated heterocycles. The quantitative estimate of drug-likeness (QED) is 0.787. The normalized spacial score (nSPS) is 19.6. The SMILES string of the molecule is COC(=O)c1cc(S(=O)(=O)N2CCC[C@@H]2C(=O)O)cn1C. The second kappa shape index (κ2) is 5.49. The molecule has 1 fully saturated rings. The lowest BCUT2D eigenvalue weighted by Crippen LogP contribution is -2.40. The molecule has 8 nitrogen and oxygen atoms in total. The van der Waals surface area contributed by atoms with Gasteiger partial charge in [0.05, 0.1) is 7.11 Å². The Kier molecular flexibility index (Phi) is 4.06. The van der Waals surface area contributed by atoms with Gasteiger partial charge in [-0.2, -0.15) is 4.31 Å². The molecule has 1 atom stereocenters. The van der Waals surface area contributed by atoms with Crippen molar-refractivity contribution >= 4 is 22.0 Å². The van der Waals surface area contributed by atoms with Gasteiger partial charge < -0.3 is 14.4 Å². The van der Waals surface area contributed by atoms with Crippen molar-refractivity contribution in [3.05, 3.63) is 18.0 Å². The molecule has 21 heavy (non-hydrogen) atoms. The Morgan fingerprint density at radius 3 is 2.67 bits per heavy atom. The molecule has 1 aliphatic heterocycles. The Morgan fingerprint density at radius 1 is 1.43 bits per heavy atom. The molecule has 0 aliphatic carbocycles. The van der Waals surface area contributed by atoms with Gasteiger partial charge in [-0.05, 0) is 18.9 Å². The number of nitrogens with zero attached hydrogens (tertiary/aromatic N) is 2. The number of aliphatic carboxylic acids is 1. The summed E-state index contributed by atoms with van der Waals surface area (Å²) in [4.78, 5) is 22.5. The summed E-state index contributed by atoms with van der Waals surface area (Å²) in [5.41, 5.74) is 0.0853. The monoisotopic (exact) mass is 316 g/mol. The number of hydrogen-bond acceptors (Lipinski definition) is 5. The first kappa shape index (κ1) is 15.5. The van der Waals surface area contributed by atoms with Crippen LogP contribution in [0.25, 0.3) is 0 Å². The van der Waals surface area contributed by atoms with Crippen LogP contribution in [0.1, 0.15) is 23.3 Å². The number of sulfonamides is 1. The zero-order valence-corrected chi connectivity index (χ0v) is 12.5. The summed E-state index contributed by atoms with van der Waals surface area (Å²) in [5.74, 6) is -1.82. The van der Waals surface area contributed by atoms with Crippen molar-refractivity contribution < 1.29 is 27.9 Å². The number of carboxylic acids is 1. The van der Waals surface area contributed by atoms with Crippen molar-refractivity contribution in [2.75, 3.05) is 13.7 Å². The van der Waals surface area contributed by atoms with Crippen molar-refractivity contribution in [2.45, 2.75) is 23.8 Å². The van der Waals surface area contributed by atoms with Gasteiger partial charge in [0.25, 0.3) is 0 Å². The first-order valence-electron chi connectivity index (χ1n) is 6.28. The minimum absolute atomic E-state index is 0.0853. The number of aryl methyl sites for hydroxylation is 1. The lowest BCUT2D eigenvalue weighted by molar-refractivity contribution is -0.140. The fourth-order valence-corrected chi connectivity index (χ4v) is 4.12. The summed E-state index contributed by atoms with van der Waals surface area (Å²) >= 11 is 0. The minimum Gasteiger partial charge on any atom is -0.480 e. The molecule has 116 valence electrons. The number of methoxy groups -OCH3 is 1. The third-order valence-corrected chi connectivity index (χ3v) is 5.34. The molecular formula is C12H16N2O6S. The molecule has 0 aromatic carbocycles. The molecule has 2 heterocycles. The van der Waals surface area contributed by atoms with Crippen molar-refractivity contribution in [3.63, 3.8) is 0 Å². The van der Waals surface area contributed by atoms with Gasteiger partial charge in [0, 0.05) is 19.8 Å². The summed E-state index contributed by atoms with van der Waals surface area (Å²) in [6.07, 6.45) is 2.05. The van der Waals surface area contributed by atoms with E-state index in [1.165, 1.54) is 31.0 Å². The highest BCUT2D eigenvalue weighted by Crippen LogP contribution is 2.27. The Hall–Kier alpha value is -1.87. The van der Waals surface area contributed by atoms with Gasteiger partial charge in [0.2, 0.25) is 10.0 Å². The van der Waals surface area contributed by atoms with E-state index < -0.39 is 28.0 Å². The second-order valence-corrected chi connectivity index (χ2v) is 6.67. The lowest BCUT2D eigenvalue weighted by atomic mass is 10.2. The zero-order valence-electron chi connectivity index (χ0n) is 11.6. The average molecular weight is 316 g/mol. The Balaban J connectivity index is 2.41. The smallest absolute Gasteiger partial charge is 0.354 e. The average Bonchev–Trinajstić information content (AvgIpc) is 3.04. The van der Waals surface area contributed by atoms with Gasteiger partial charge in [-0.1, -0.05) is 0 Å².